The Morgan fingerprint density at radius 1 is 0.774 bits per heavy atom. The maximum absolute atomic E-state index is 6.00. The van der Waals surface area contributed by atoms with Crippen LogP contribution in [0.5, 0.6) is 11.5 Å². The summed E-state index contributed by atoms with van der Waals surface area (Å²) in [7, 11) is 0. The van der Waals surface area contributed by atoms with Gasteiger partial charge < -0.3 is 18.9 Å². The number of ether oxygens (including phenoxy) is 4. The molecule has 162 valence electrons. The van der Waals surface area contributed by atoms with Gasteiger partial charge in [0.25, 0.3) is 0 Å². The predicted octanol–water partition coefficient (Wildman–Crippen LogP) is 5.19. The van der Waals surface area contributed by atoms with Crippen molar-refractivity contribution in [1.82, 2.24) is 0 Å². The van der Waals surface area contributed by atoms with Gasteiger partial charge in [0.15, 0.2) is 0 Å². The van der Waals surface area contributed by atoms with Gasteiger partial charge in [-0.1, -0.05) is 61.9 Å². The van der Waals surface area contributed by atoms with Crippen molar-refractivity contribution in [1.29, 1.82) is 0 Å². The number of allylic oxidation sites excluding steroid dienone is 4. The largest absolute Gasteiger partial charge is 0.491 e. The molecule has 0 radical (unpaired) electrons. The third-order valence-electron chi connectivity index (χ3n) is 5.97. The highest BCUT2D eigenvalue weighted by molar-refractivity contribution is 5.44. The average molecular weight is 419 g/mol. The van der Waals surface area contributed by atoms with Crippen molar-refractivity contribution < 1.29 is 18.9 Å². The van der Waals surface area contributed by atoms with Crippen molar-refractivity contribution in [2.45, 2.75) is 43.8 Å². The van der Waals surface area contributed by atoms with Crippen molar-refractivity contribution in [2.75, 3.05) is 26.4 Å². The molecule has 2 aliphatic heterocycles. The quantitative estimate of drug-likeness (QED) is 0.394. The molecule has 2 unspecified atom stereocenters. The van der Waals surface area contributed by atoms with Crippen LogP contribution in [-0.4, -0.2) is 38.6 Å². The fourth-order valence-electron chi connectivity index (χ4n) is 3.95. The molecule has 31 heavy (non-hydrogen) atoms. The first-order valence-electron chi connectivity index (χ1n) is 11.4. The van der Waals surface area contributed by atoms with E-state index >= 15 is 0 Å². The zero-order valence-electron chi connectivity index (χ0n) is 18.0. The van der Waals surface area contributed by atoms with Crippen LogP contribution in [0.1, 0.15) is 41.9 Å². The molecule has 2 heterocycles. The topological polar surface area (TPSA) is 43.5 Å². The highest BCUT2D eigenvalue weighted by atomic mass is 16.6. The first kappa shape index (κ1) is 20.3. The first-order chi connectivity index (χ1) is 15.3. The Hall–Kier alpha value is -2.56. The molecule has 4 heteroatoms. The van der Waals surface area contributed by atoms with E-state index in [1.807, 2.05) is 12.1 Å². The molecule has 2 aromatic rings. The standard InChI is InChI=1S/C27H30O4/c1-2-3-23-14-22(10-13-27(23)31-18-26-17-30-26)21-6-4-19(5-7-21)20-8-11-24(12-9-20)28-15-25-16-29-25/h4-14,19,21,25-26H,2-3,15-18H2,1H3. The van der Waals surface area contributed by atoms with E-state index in [4.69, 9.17) is 18.9 Å². The van der Waals surface area contributed by atoms with Crippen molar-refractivity contribution in [3.05, 3.63) is 83.5 Å². The minimum absolute atomic E-state index is 0.281. The molecule has 0 saturated carbocycles. The van der Waals surface area contributed by atoms with Gasteiger partial charge in [-0.25, -0.2) is 0 Å². The van der Waals surface area contributed by atoms with Gasteiger partial charge in [-0.05, 0) is 41.3 Å². The molecule has 0 bridgehead atoms. The van der Waals surface area contributed by atoms with Crippen molar-refractivity contribution >= 4 is 0 Å². The summed E-state index contributed by atoms with van der Waals surface area (Å²) in [5.74, 6) is 2.50. The SMILES string of the molecule is CCCc1cc(C2C=CC(c3ccc(OCC4CO4)cc3)C=C2)ccc1OCC1CO1. The summed E-state index contributed by atoms with van der Waals surface area (Å²) in [5, 5.41) is 0. The molecule has 2 fully saturated rings. The molecule has 2 saturated heterocycles. The number of aryl methyl sites for hydroxylation is 1. The number of hydrogen-bond acceptors (Lipinski definition) is 4. The van der Waals surface area contributed by atoms with Gasteiger partial charge in [-0.15, -0.1) is 0 Å². The number of rotatable bonds is 10. The van der Waals surface area contributed by atoms with Gasteiger partial charge >= 0.3 is 0 Å². The zero-order valence-corrected chi connectivity index (χ0v) is 18.0. The van der Waals surface area contributed by atoms with E-state index in [2.05, 4.69) is 61.6 Å². The predicted molar refractivity (Wildman–Crippen MR) is 121 cm³/mol. The van der Waals surface area contributed by atoms with Crippen LogP contribution in [0.2, 0.25) is 0 Å². The van der Waals surface area contributed by atoms with Gasteiger partial charge in [-0.2, -0.15) is 0 Å². The minimum atomic E-state index is 0.281. The van der Waals surface area contributed by atoms with E-state index in [-0.39, 0.29) is 12.2 Å². The van der Waals surface area contributed by atoms with Crippen LogP contribution >= 0.6 is 0 Å². The molecule has 0 aromatic heterocycles. The van der Waals surface area contributed by atoms with Gasteiger partial charge in [0.05, 0.1) is 13.2 Å². The van der Waals surface area contributed by atoms with Gasteiger partial charge in [0, 0.05) is 11.8 Å². The Balaban J connectivity index is 1.22. The van der Waals surface area contributed by atoms with Crippen LogP contribution < -0.4 is 9.47 Å². The first-order valence-corrected chi connectivity index (χ1v) is 11.4. The van der Waals surface area contributed by atoms with Crippen LogP contribution in [-0.2, 0) is 15.9 Å². The Morgan fingerprint density at radius 3 is 1.97 bits per heavy atom. The van der Waals surface area contributed by atoms with Crippen LogP contribution in [0, 0.1) is 0 Å². The fourth-order valence-corrected chi connectivity index (χ4v) is 3.95. The second-order valence-corrected chi connectivity index (χ2v) is 8.54. The van der Waals surface area contributed by atoms with Gasteiger partial charge in [0.1, 0.15) is 36.9 Å². The zero-order chi connectivity index (χ0) is 21.0. The number of benzene rings is 2. The lowest BCUT2D eigenvalue weighted by molar-refractivity contribution is 0.261. The monoisotopic (exact) mass is 418 g/mol. The summed E-state index contributed by atoms with van der Waals surface area (Å²) < 4.78 is 22.2. The molecule has 3 aliphatic rings. The molecule has 5 rings (SSSR count). The summed E-state index contributed by atoms with van der Waals surface area (Å²) in [5.41, 5.74) is 3.88. The third-order valence-corrected chi connectivity index (χ3v) is 5.97. The summed E-state index contributed by atoms with van der Waals surface area (Å²) in [6, 6.07) is 15.0. The Kier molecular flexibility index (Phi) is 6.10. The van der Waals surface area contributed by atoms with Crippen LogP contribution in [0.3, 0.4) is 0 Å². The van der Waals surface area contributed by atoms with E-state index in [1.54, 1.807) is 0 Å². The Morgan fingerprint density at radius 2 is 1.35 bits per heavy atom. The molecule has 4 nitrogen and oxygen atoms in total. The maximum Gasteiger partial charge on any atom is 0.122 e. The number of hydrogen-bond donors (Lipinski definition) is 0. The summed E-state index contributed by atoms with van der Waals surface area (Å²) in [6.07, 6.45) is 11.9. The molecular weight excluding hydrogens is 388 g/mol. The van der Waals surface area contributed by atoms with E-state index < -0.39 is 0 Å². The summed E-state index contributed by atoms with van der Waals surface area (Å²) in [6.45, 7) is 5.15. The molecular formula is C27H30O4. The normalized spacial score (nSPS) is 26.0. The van der Waals surface area contributed by atoms with E-state index in [9.17, 15) is 0 Å². The lowest BCUT2D eigenvalue weighted by Crippen LogP contribution is -2.07. The highest BCUT2D eigenvalue weighted by Crippen LogP contribution is 2.33. The lowest BCUT2D eigenvalue weighted by Gasteiger charge is -2.19. The van der Waals surface area contributed by atoms with Crippen LogP contribution in [0.4, 0.5) is 0 Å². The maximum atomic E-state index is 6.00. The molecule has 0 N–H and O–H groups in total. The van der Waals surface area contributed by atoms with E-state index in [0.29, 0.717) is 25.0 Å². The second kappa shape index (κ2) is 9.29. The Bertz CT molecular complexity index is 924. The number of epoxide rings is 2. The fraction of sp³-hybridized carbons (Fsp3) is 0.407. The van der Waals surface area contributed by atoms with Crippen LogP contribution in [0.25, 0.3) is 0 Å². The minimum Gasteiger partial charge on any atom is -0.491 e. The summed E-state index contributed by atoms with van der Waals surface area (Å²) in [4.78, 5) is 0. The molecule has 1 aliphatic carbocycles. The van der Waals surface area contributed by atoms with E-state index in [0.717, 1.165) is 37.6 Å². The van der Waals surface area contributed by atoms with Crippen molar-refractivity contribution in [3.63, 3.8) is 0 Å². The highest BCUT2D eigenvalue weighted by Gasteiger charge is 2.24. The van der Waals surface area contributed by atoms with Gasteiger partial charge in [0.2, 0.25) is 0 Å². The van der Waals surface area contributed by atoms with Gasteiger partial charge in [-0.3, -0.25) is 0 Å². The average Bonchev–Trinajstić information content (AvgIpc) is 3.73. The van der Waals surface area contributed by atoms with Crippen LogP contribution in [0.15, 0.2) is 66.8 Å². The molecule has 0 spiro atoms. The lowest BCUT2D eigenvalue weighted by atomic mass is 9.86. The second-order valence-electron chi connectivity index (χ2n) is 8.54. The molecule has 2 atom stereocenters. The third kappa shape index (κ3) is 5.38. The van der Waals surface area contributed by atoms with E-state index in [1.165, 1.54) is 16.7 Å². The Labute approximate surface area is 184 Å². The smallest absolute Gasteiger partial charge is 0.122 e. The summed E-state index contributed by atoms with van der Waals surface area (Å²) >= 11 is 0. The molecule has 2 aromatic carbocycles. The van der Waals surface area contributed by atoms with Crippen molar-refractivity contribution in [2.24, 2.45) is 0 Å². The van der Waals surface area contributed by atoms with Crippen molar-refractivity contribution in [3.8, 4) is 11.5 Å². The molecule has 0 amide bonds.